The first-order valence-electron chi connectivity index (χ1n) is 5.06. The molecule has 0 saturated heterocycles. The largest absolute Gasteiger partial charge is 0.476 e. The second kappa shape index (κ2) is 5.58. The van der Waals surface area contributed by atoms with Crippen molar-refractivity contribution in [3.8, 4) is 0 Å². The van der Waals surface area contributed by atoms with Crippen LogP contribution in [0.25, 0.3) is 0 Å². The molecule has 0 atom stereocenters. The van der Waals surface area contributed by atoms with Crippen molar-refractivity contribution < 1.29 is 9.90 Å². The van der Waals surface area contributed by atoms with E-state index in [1.54, 1.807) is 0 Å². The lowest BCUT2D eigenvalue weighted by Gasteiger charge is -2.05. The van der Waals surface area contributed by atoms with Gasteiger partial charge >= 0.3 is 5.97 Å². The van der Waals surface area contributed by atoms with Crippen molar-refractivity contribution in [1.82, 2.24) is 9.97 Å². The minimum absolute atomic E-state index is 0.0212. The molecule has 0 fully saturated rings. The summed E-state index contributed by atoms with van der Waals surface area (Å²) in [6, 6.07) is 7.69. The quantitative estimate of drug-likeness (QED) is 0.899. The van der Waals surface area contributed by atoms with Crippen molar-refractivity contribution >= 4 is 37.8 Å². The maximum Gasteiger partial charge on any atom is 0.355 e. The first-order valence-corrected chi connectivity index (χ1v) is 6.64. The van der Waals surface area contributed by atoms with Crippen molar-refractivity contribution in [3.63, 3.8) is 0 Å². The Hall–Kier alpha value is -1.27. The van der Waals surface area contributed by atoms with Crippen LogP contribution in [0.5, 0.6) is 0 Å². The van der Waals surface area contributed by atoms with Crippen molar-refractivity contribution in [2.24, 2.45) is 0 Å². The van der Waals surface area contributed by atoms with E-state index in [0.717, 1.165) is 10.0 Å². The summed E-state index contributed by atoms with van der Waals surface area (Å²) in [6.07, 6.45) is 1.94. The van der Waals surface area contributed by atoms with E-state index < -0.39 is 5.97 Å². The maximum atomic E-state index is 11.0. The molecule has 0 aliphatic heterocycles. The van der Waals surface area contributed by atoms with Gasteiger partial charge in [-0.1, -0.05) is 34.1 Å². The number of aromatic nitrogens is 2. The Kier molecular flexibility index (Phi) is 4.08. The van der Waals surface area contributed by atoms with Crippen molar-refractivity contribution in [2.75, 3.05) is 0 Å². The molecule has 0 radical (unpaired) electrons. The van der Waals surface area contributed by atoms with Gasteiger partial charge in [-0.3, -0.25) is 0 Å². The fraction of sp³-hybridized carbons (Fsp3) is 0.0833. The van der Waals surface area contributed by atoms with Gasteiger partial charge in [0.1, 0.15) is 5.82 Å². The maximum absolute atomic E-state index is 11.0. The number of benzene rings is 1. The zero-order valence-corrected chi connectivity index (χ0v) is 12.3. The summed E-state index contributed by atoms with van der Waals surface area (Å²) < 4.78 is 1.33. The molecule has 0 amide bonds. The highest BCUT2D eigenvalue weighted by atomic mass is 79.9. The normalized spacial score (nSPS) is 10.3. The molecular formula is C12H8Br2N2O2. The molecule has 0 aliphatic carbocycles. The number of aromatic carboxylic acids is 1. The lowest BCUT2D eigenvalue weighted by Crippen LogP contribution is -2.07. The van der Waals surface area contributed by atoms with Crippen molar-refractivity contribution in [2.45, 2.75) is 6.42 Å². The SMILES string of the molecule is O=C(O)c1nc(Cc2ccccc2Br)ncc1Br. The highest BCUT2D eigenvalue weighted by molar-refractivity contribution is 9.10. The fourth-order valence-corrected chi connectivity index (χ4v) is 2.24. The fourth-order valence-electron chi connectivity index (χ4n) is 1.45. The Morgan fingerprint density at radius 1 is 1.22 bits per heavy atom. The second-order valence-corrected chi connectivity index (χ2v) is 5.26. The molecule has 0 spiro atoms. The van der Waals surface area contributed by atoms with Gasteiger partial charge < -0.3 is 5.11 Å². The van der Waals surface area contributed by atoms with Gasteiger partial charge in [0.2, 0.25) is 0 Å². The molecule has 4 nitrogen and oxygen atoms in total. The Labute approximate surface area is 120 Å². The Balaban J connectivity index is 2.33. The number of halogens is 2. The van der Waals surface area contributed by atoms with Crippen LogP contribution in [0.1, 0.15) is 21.9 Å². The van der Waals surface area contributed by atoms with Crippen LogP contribution in [0.2, 0.25) is 0 Å². The average Bonchev–Trinajstić information content (AvgIpc) is 2.34. The summed E-state index contributed by atoms with van der Waals surface area (Å²) in [5, 5.41) is 8.98. The highest BCUT2D eigenvalue weighted by Crippen LogP contribution is 2.19. The van der Waals surface area contributed by atoms with Crippen LogP contribution in [-0.4, -0.2) is 21.0 Å². The van der Waals surface area contributed by atoms with Crippen LogP contribution >= 0.6 is 31.9 Å². The Morgan fingerprint density at radius 2 is 1.94 bits per heavy atom. The van der Waals surface area contributed by atoms with Gasteiger partial charge in [0, 0.05) is 17.1 Å². The van der Waals surface area contributed by atoms with Gasteiger partial charge in [0.25, 0.3) is 0 Å². The molecular weight excluding hydrogens is 364 g/mol. The van der Waals surface area contributed by atoms with E-state index in [1.165, 1.54) is 6.20 Å². The number of rotatable bonds is 3. The van der Waals surface area contributed by atoms with Gasteiger partial charge in [0.15, 0.2) is 5.69 Å². The summed E-state index contributed by atoms with van der Waals surface area (Å²) >= 11 is 6.55. The number of nitrogens with zero attached hydrogens (tertiary/aromatic N) is 2. The number of carbonyl (C=O) groups is 1. The predicted octanol–water partition coefficient (Wildman–Crippen LogP) is 3.29. The van der Waals surface area contributed by atoms with Gasteiger partial charge in [-0.05, 0) is 27.6 Å². The molecule has 0 aliphatic rings. The summed E-state index contributed by atoms with van der Waals surface area (Å²) in [6.45, 7) is 0. The molecule has 1 aromatic carbocycles. The van der Waals surface area contributed by atoms with E-state index in [4.69, 9.17) is 5.11 Å². The molecule has 1 heterocycles. The van der Waals surface area contributed by atoms with Crippen LogP contribution in [0.15, 0.2) is 39.4 Å². The van der Waals surface area contributed by atoms with E-state index >= 15 is 0 Å². The molecule has 6 heteroatoms. The third-order valence-corrected chi connectivity index (χ3v) is 3.66. The van der Waals surface area contributed by atoms with E-state index in [9.17, 15) is 4.79 Å². The molecule has 2 rings (SSSR count). The highest BCUT2D eigenvalue weighted by Gasteiger charge is 2.12. The minimum atomic E-state index is -1.07. The molecule has 1 aromatic heterocycles. The first kappa shape index (κ1) is 13.2. The van der Waals surface area contributed by atoms with Gasteiger partial charge in [0.05, 0.1) is 4.47 Å². The lowest BCUT2D eigenvalue weighted by atomic mass is 10.1. The molecule has 0 unspecified atom stereocenters. The van der Waals surface area contributed by atoms with E-state index in [0.29, 0.717) is 16.7 Å². The molecule has 18 heavy (non-hydrogen) atoms. The topological polar surface area (TPSA) is 63.1 Å². The Morgan fingerprint density at radius 3 is 2.61 bits per heavy atom. The first-order chi connectivity index (χ1) is 8.58. The zero-order chi connectivity index (χ0) is 13.1. The van der Waals surface area contributed by atoms with E-state index in [1.807, 2.05) is 24.3 Å². The van der Waals surface area contributed by atoms with Gasteiger partial charge in [-0.25, -0.2) is 14.8 Å². The zero-order valence-electron chi connectivity index (χ0n) is 9.10. The van der Waals surface area contributed by atoms with Crippen molar-refractivity contribution in [1.29, 1.82) is 0 Å². The van der Waals surface area contributed by atoms with E-state index in [2.05, 4.69) is 41.8 Å². The summed E-state index contributed by atoms with van der Waals surface area (Å²) in [7, 11) is 0. The third-order valence-electron chi connectivity index (χ3n) is 2.30. The number of hydrogen-bond acceptors (Lipinski definition) is 3. The van der Waals surface area contributed by atoms with Crippen LogP contribution in [0.4, 0.5) is 0 Å². The number of hydrogen-bond donors (Lipinski definition) is 1. The molecule has 0 saturated carbocycles. The molecule has 1 N–H and O–H groups in total. The minimum Gasteiger partial charge on any atom is -0.476 e. The summed E-state index contributed by atoms with van der Waals surface area (Å²) in [5.41, 5.74) is 0.989. The van der Waals surface area contributed by atoms with Crippen molar-refractivity contribution in [3.05, 3.63) is 56.5 Å². The average molecular weight is 372 g/mol. The van der Waals surface area contributed by atoms with Crippen LogP contribution in [0.3, 0.4) is 0 Å². The molecule has 2 aromatic rings. The van der Waals surface area contributed by atoms with Crippen LogP contribution in [0, 0.1) is 0 Å². The number of carboxylic acids is 1. The smallest absolute Gasteiger partial charge is 0.355 e. The van der Waals surface area contributed by atoms with E-state index in [-0.39, 0.29) is 5.69 Å². The monoisotopic (exact) mass is 370 g/mol. The van der Waals surface area contributed by atoms with Gasteiger partial charge in [-0.2, -0.15) is 0 Å². The molecule has 0 bridgehead atoms. The summed E-state index contributed by atoms with van der Waals surface area (Å²) in [4.78, 5) is 19.1. The third kappa shape index (κ3) is 2.94. The van der Waals surface area contributed by atoms with Gasteiger partial charge in [-0.15, -0.1) is 0 Å². The molecule has 92 valence electrons. The Bertz CT molecular complexity index is 602. The predicted molar refractivity (Wildman–Crippen MR) is 73.6 cm³/mol. The van der Waals surface area contributed by atoms with Crippen LogP contribution < -0.4 is 0 Å². The second-order valence-electron chi connectivity index (χ2n) is 3.56. The summed E-state index contributed by atoms with van der Waals surface area (Å²) in [5.74, 6) is -0.597. The standard InChI is InChI=1S/C12H8Br2N2O2/c13-8-4-2-1-3-7(8)5-10-15-6-9(14)11(16-10)12(17)18/h1-4,6H,5H2,(H,17,18). The number of carboxylic acid groups (broad SMARTS) is 1. The lowest BCUT2D eigenvalue weighted by molar-refractivity contribution is 0.0688. The van der Waals surface area contributed by atoms with Crippen LogP contribution in [-0.2, 0) is 6.42 Å².